The van der Waals surface area contributed by atoms with Crippen molar-refractivity contribution in [1.29, 1.82) is 0 Å². The summed E-state index contributed by atoms with van der Waals surface area (Å²) in [4.78, 5) is 36.3. The van der Waals surface area contributed by atoms with Crippen molar-refractivity contribution in [2.75, 3.05) is 19.6 Å². The number of imidazole rings is 1. The van der Waals surface area contributed by atoms with E-state index >= 15 is 0 Å². The van der Waals surface area contributed by atoms with E-state index in [0.717, 1.165) is 42.8 Å². The van der Waals surface area contributed by atoms with Gasteiger partial charge >= 0.3 is 0 Å². The number of aromatic amines is 1. The van der Waals surface area contributed by atoms with Crippen LogP contribution in [0.3, 0.4) is 0 Å². The first-order valence-corrected chi connectivity index (χ1v) is 8.54. The van der Waals surface area contributed by atoms with E-state index < -0.39 is 0 Å². The van der Waals surface area contributed by atoms with Gasteiger partial charge in [0.05, 0.1) is 11.0 Å². The molecule has 24 heavy (non-hydrogen) atoms. The molecule has 0 saturated carbocycles. The van der Waals surface area contributed by atoms with Gasteiger partial charge in [-0.15, -0.1) is 0 Å². The smallest absolute Gasteiger partial charge is 0.254 e. The largest absolute Gasteiger partial charge is 0.342 e. The van der Waals surface area contributed by atoms with E-state index in [2.05, 4.69) is 9.97 Å². The van der Waals surface area contributed by atoms with E-state index in [1.165, 1.54) is 0 Å². The highest BCUT2D eigenvalue weighted by Crippen LogP contribution is 2.29. The van der Waals surface area contributed by atoms with Gasteiger partial charge in [-0.3, -0.25) is 9.59 Å². The average Bonchev–Trinajstić information content (AvgIpc) is 2.73. The second-order valence-corrected chi connectivity index (χ2v) is 7.03. The van der Waals surface area contributed by atoms with E-state index in [1.54, 1.807) is 6.92 Å². The minimum Gasteiger partial charge on any atom is -0.342 e. The zero-order chi connectivity index (χ0) is 16.8. The van der Waals surface area contributed by atoms with Gasteiger partial charge in [0, 0.05) is 38.2 Å². The number of carbonyl (C=O) groups excluding carboxylic acids is 2. The molecule has 3 aliphatic rings. The maximum atomic E-state index is 13.1. The normalized spacial score (nSPS) is 23.6. The van der Waals surface area contributed by atoms with Crippen molar-refractivity contribution in [3.8, 4) is 0 Å². The Kier molecular flexibility index (Phi) is 3.55. The lowest BCUT2D eigenvalue weighted by molar-refractivity contribution is -0.129. The van der Waals surface area contributed by atoms with Gasteiger partial charge in [-0.2, -0.15) is 0 Å². The molecule has 2 atom stereocenters. The number of benzene rings is 1. The highest BCUT2D eigenvalue weighted by atomic mass is 16.2. The number of fused-ring (bicyclic) bond motifs is 5. The van der Waals surface area contributed by atoms with Gasteiger partial charge in [0.25, 0.3) is 5.91 Å². The van der Waals surface area contributed by atoms with Gasteiger partial charge in [0.1, 0.15) is 5.82 Å². The molecule has 1 N–H and O–H groups in total. The molecule has 3 saturated heterocycles. The van der Waals surface area contributed by atoms with Crippen LogP contribution in [0.5, 0.6) is 0 Å². The zero-order valence-electron chi connectivity index (χ0n) is 14.1. The Balaban J connectivity index is 1.62. The average molecular weight is 326 g/mol. The minimum atomic E-state index is 0.0595. The van der Waals surface area contributed by atoms with Crippen LogP contribution in [0.2, 0.25) is 0 Å². The van der Waals surface area contributed by atoms with E-state index in [0.29, 0.717) is 18.0 Å². The van der Waals surface area contributed by atoms with Crippen LogP contribution < -0.4 is 0 Å². The molecule has 0 unspecified atom stereocenters. The van der Waals surface area contributed by atoms with Crippen molar-refractivity contribution < 1.29 is 9.59 Å². The second-order valence-electron chi connectivity index (χ2n) is 7.03. The van der Waals surface area contributed by atoms with Gasteiger partial charge in [-0.25, -0.2) is 4.98 Å². The lowest BCUT2D eigenvalue weighted by Crippen LogP contribution is -2.47. The number of hydrogen-bond acceptors (Lipinski definition) is 3. The summed E-state index contributed by atoms with van der Waals surface area (Å²) in [5, 5.41) is 0. The van der Waals surface area contributed by atoms with Crippen molar-refractivity contribution in [1.82, 2.24) is 19.8 Å². The van der Waals surface area contributed by atoms with Crippen molar-refractivity contribution in [2.24, 2.45) is 5.92 Å². The summed E-state index contributed by atoms with van der Waals surface area (Å²) in [7, 11) is 0. The van der Waals surface area contributed by atoms with Gasteiger partial charge < -0.3 is 14.8 Å². The summed E-state index contributed by atoms with van der Waals surface area (Å²) in [5.41, 5.74) is 2.46. The SMILES string of the molecule is CC(=O)N1C[C@@H]2CC[C@H](C1)N(C(=O)c1ccc3nc(C)[nH]c3c1)C2. The fraction of sp³-hybridized carbons (Fsp3) is 0.500. The fourth-order valence-corrected chi connectivity index (χ4v) is 4.02. The molecule has 3 fully saturated rings. The second kappa shape index (κ2) is 5.61. The number of nitrogens with one attached hydrogen (secondary N) is 1. The maximum absolute atomic E-state index is 13.1. The van der Waals surface area contributed by atoms with Crippen LogP contribution in [0.1, 0.15) is 35.9 Å². The summed E-state index contributed by atoms with van der Waals surface area (Å²) < 4.78 is 0. The van der Waals surface area contributed by atoms with Crippen molar-refractivity contribution in [2.45, 2.75) is 32.7 Å². The third-order valence-electron chi connectivity index (χ3n) is 5.27. The number of piperidine rings is 1. The van der Waals surface area contributed by atoms with E-state index in [-0.39, 0.29) is 17.9 Å². The third-order valence-corrected chi connectivity index (χ3v) is 5.27. The van der Waals surface area contributed by atoms with Gasteiger partial charge in [0.2, 0.25) is 5.91 Å². The predicted octanol–water partition coefficient (Wildman–Crippen LogP) is 1.95. The number of H-pyrrole nitrogens is 1. The fourth-order valence-electron chi connectivity index (χ4n) is 4.02. The number of aromatic nitrogens is 2. The Bertz CT molecular complexity index is 812. The first-order chi connectivity index (χ1) is 11.5. The number of hydrogen-bond donors (Lipinski definition) is 1. The Labute approximate surface area is 140 Å². The number of carbonyl (C=O) groups is 2. The first-order valence-electron chi connectivity index (χ1n) is 8.54. The molecule has 0 spiro atoms. The Hall–Kier alpha value is -2.37. The molecule has 0 radical (unpaired) electrons. The third kappa shape index (κ3) is 2.56. The Morgan fingerprint density at radius 1 is 1.21 bits per heavy atom. The Morgan fingerprint density at radius 3 is 2.83 bits per heavy atom. The molecule has 6 nitrogen and oxygen atoms in total. The molecular weight excluding hydrogens is 304 g/mol. The molecule has 126 valence electrons. The summed E-state index contributed by atoms with van der Waals surface area (Å²) in [6.45, 7) is 5.70. The van der Waals surface area contributed by atoms with E-state index in [4.69, 9.17) is 0 Å². The monoisotopic (exact) mass is 326 g/mol. The van der Waals surface area contributed by atoms with Crippen LogP contribution in [-0.2, 0) is 4.79 Å². The summed E-state index contributed by atoms with van der Waals surface area (Å²) >= 11 is 0. The number of nitrogens with zero attached hydrogens (tertiary/aromatic N) is 3. The van der Waals surface area contributed by atoms with E-state index in [1.807, 2.05) is 34.9 Å². The van der Waals surface area contributed by atoms with Crippen molar-refractivity contribution in [3.05, 3.63) is 29.6 Å². The lowest BCUT2D eigenvalue weighted by Gasteiger charge is -2.36. The van der Waals surface area contributed by atoms with Crippen LogP contribution in [-0.4, -0.2) is 57.3 Å². The highest BCUT2D eigenvalue weighted by Gasteiger charge is 2.38. The molecule has 2 aromatic rings. The van der Waals surface area contributed by atoms with Gasteiger partial charge in [0.15, 0.2) is 0 Å². The van der Waals surface area contributed by atoms with Gasteiger partial charge in [-0.1, -0.05) is 0 Å². The molecule has 1 aromatic carbocycles. The molecule has 2 amide bonds. The number of amides is 2. The van der Waals surface area contributed by atoms with Crippen LogP contribution in [0.25, 0.3) is 11.0 Å². The summed E-state index contributed by atoms with van der Waals surface area (Å²) in [5.74, 6) is 1.40. The van der Waals surface area contributed by atoms with Crippen molar-refractivity contribution in [3.63, 3.8) is 0 Å². The van der Waals surface area contributed by atoms with Gasteiger partial charge in [-0.05, 0) is 43.9 Å². The molecule has 4 heterocycles. The molecule has 0 aliphatic carbocycles. The van der Waals surface area contributed by atoms with Crippen LogP contribution in [0.15, 0.2) is 18.2 Å². The molecular formula is C18H22N4O2. The standard InChI is InChI=1S/C18H22N4O2/c1-11-19-16-6-4-14(7-17(16)20-11)18(24)22-9-13-3-5-15(22)10-21(8-13)12(2)23/h4,6-7,13,15H,3,5,8-10H2,1-2H3,(H,19,20)/t13-,15+/m0/s1. The zero-order valence-corrected chi connectivity index (χ0v) is 14.1. The lowest BCUT2D eigenvalue weighted by atomic mass is 9.94. The van der Waals surface area contributed by atoms with Crippen molar-refractivity contribution >= 4 is 22.8 Å². The predicted molar refractivity (Wildman–Crippen MR) is 90.6 cm³/mol. The topological polar surface area (TPSA) is 69.3 Å². The molecule has 6 heteroatoms. The van der Waals surface area contributed by atoms with Crippen LogP contribution in [0, 0.1) is 12.8 Å². The minimum absolute atomic E-state index is 0.0595. The molecule has 3 aliphatic heterocycles. The number of rotatable bonds is 1. The first kappa shape index (κ1) is 15.2. The quantitative estimate of drug-likeness (QED) is 0.871. The summed E-state index contributed by atoms with van der Waals surface area (Å²) in [6.07, 6.45) is 2.07. The molecule has 2 bridgehead atoms. The molecule has 5 rings (SSSR count). The van der Waals surface area contributed by atoms with Crippen LogP contribution in [0.4, 0.5) is 0 Å². The highest BCUT2D eigenvalue weighted by molar-refractivity contribution is 5.97. The van der Waals surface area contributed by atoms with E-state index in [9.17, 15) is 9.59 Å². The Morgan fingerprint density at radius 2 is 2.04 bits per heavy atom. The number of aryl methyl sites for hydroxylation is 1. The maximum Gasteiger partial charge on any atom is 0.254 e. The molecule has 1 aromatic heterocycles. The summed E-state index contributed by atoms with van der Waals surface area (Å²) in [6, 6.07) is 5.76. The van der Waals surface area contributed by atoms with Crippen LogP contribution >= 0.6 is 0 Å².